The summed E-state index contributed by atoms with van der Waals surface area (Å²) in [5, 5.41) is 3.65. The molecule has 2 heteroatoms. The Morgan fingerprint density at radius 2 is 1.72 bits per heavy atom. The fourth-order valence-corrected chi connectivity index (χ4v) is 2.82. The molecule has 0 aromatic heterocycles. The molecule has 0 spiro atoms. The highest BCUT2D eigenvalue weighted by Gasteiger charge is 2.23. The van der Waals surface area contributed by atoms with Gasteiger partial charge >= 0.3 is 0 Å². The van der Waals surface area contributed by atoms with Gasteiger partial charge in [-0.25, -0.2) is 0 Å². The Morgan fingerprint density at radius 3 is 2.39 bits per heavy atom. The van der Waals surface area contributed by atoms with E-state index in [-0.39, 0.29) is 5.54 Å². The highest BCUT2D eigenvalue weighted by atomic mass is 15.2. The van der Waals surface area contributed by atoms with Gasteiger partial charge < -0.3 is 10.2 Å². The van der Waals surface area contributed by atoms with Gasteiger partial charge in [0.15, 0.2) is 0 Å². The van der Waals surface area contributed by atoms with E-state index in [1.54, 1.807) is 0 Å². The van der Waals surface area contributed by atoms with Crippen molar-refractivity contribution in [1.29, 1.82) is 0 Å². The van der Waals surface area contributed by atoms with Crippen LogP contribution in [0.1, 0.15) is 37.8 Å². The molecule has 0 radical (unpaired) electrons. The molecule has 1 aliphatic heterocycles. The molecule has 2 nitrogen and oxygen atoms in total. The molecule has 1 aromatic rings. The fraction of sp³-hybridized carbons (Fsp3) is 0.625. The van der Waals surface area contributed by atoms with E-state index < -0.39 is 0 Å². The Hall–Kier alpha value is -1.02. The molecule has 0 amide bonds. The molecule has 1 N–H and O–H groups in total. The van der Waals surface area contributed by atoms with Crippen LogP contribution < -0.4 is 10.2 Å². The first-order valence-electron chi connectivity index (χ1n) is 7.05. The molecule has 1 fully saturated rings. The van der Waals surface area contributed by atoms with Crippen LogP contribution in [0.3, 0.4) is 0 Å². The van der Waals surface area contributed by atoms with Crippen LogP contribution in [-0.4, -0.2) is 25.2 Å². The number of anilines is 1. The van der Waals surface area contributed by atoms with Gasteiger partial charge in [0.2, 0.25) is 0 Å². The largest absolute Gasteiger partial charge is 0.370 e. The van der Waals surface area contributed by atoms with Crippen LogP contribution in [0.2, 0.25) is 0 Å². The minimum absolute atomic E-state index is 0.193. The van der Waals surface area contributed by atoms with Crippen LogP contribution in [0, 0.1) is 13.8 Å². The SMILES string of the molecule is Cc1cc(C)cc(N2CCCCNC(C)(C)C2)c1. The van der Waals surface area contributed by atoms with E-state index in [9.17, 15) is 0 Å². The second kappa shape index (κ2) is 5.31. The van der Waals surface area contributed by atoms with E-state index in [1.165, 1.54) is 36.2 Å². The lowest BCUT2D eigenvalue weighted by molar-refractivity contribution is 0.364. The van der Waals surface area contributed by atoms with Crippen molar-refractivity contribution in [3.8, 4) is 0 Å². The lowest BCUT2D eigenvalue weighted by Gasteiger charge is -2.37. The summed E-state index contributed by atoms with van der Waals surface area (Å²) < 4.78 is 0. The molecular weight excluding hydrogens is 220 g/mol. The van der Waals surface area contributed by atoms with Crippen molar-refractivity contribution in [3.63, 3.8) is 0 Å². The number of aryl methyl sites for hydroxylation is 2. The zero-order chi connectivity index (χ0) is 13.2. The molecule has 1 heterocycles. The molecule has 1 aromatic carbocycles. The standard InChI is InChI=1S/C16H26N2/c1-13-9-14(2)11-15(10-13)18-8-6-5-7-17-16(3,4)12-18/h9-11,17H,5-8,12H2,1-4H3. The second-order valence-electron chi connectivity index (χ2n) is 6.29. The number of hydrogen-bond donors (Lipinski definition) is 1. The monoisotopic (exact) mass is 246 g/mol. The first kappa shape index (κ1) is 13.4. The van der Waals surface area contributed by atoms with Gasteiger partial charge in [-0.1, -0.05) is 6.07 Å². The first-order valence-corrected chi connectivity index (χ1v) is 7.05. The summed E-state index contributed by atoms with van der Waals surface area (Å²) in [6.45, 7) is 12.4. The molecule has 0 unspecified atom stereocenters. The van der Waals surface area contributed by atoms with E-state index in [0.29, 0.717) is 0 Å². The van der Waals surface area contributed by atoms with Crippen LogP contribution in [0.4, 0.5) is 5.69 Å². The third-order valence-corrected chi connectivity index (χ3v) is 3.62. The van der Waals surface area contributed by atoms with Crippen molar-refractivity contribution < 1.29 is 0 Å². The maximum Gasteiger partial charge on any atom is 0.0372 e. The number of rotatable bonds is 1. The lowest BCUT2D eigenvalue weighted by atomic mass is 10.0. The Morgan fingerprint density at radius 1 is 1.06 bits per heavy atom. The van der Waals surface area contributed by atoms with Gasteiger partial charge in [-0.05, 0) is 70.3 Å². The quantitative estimate of drug-likeness (QED) is 0.818. The molecule has 1 aliphatic rings. The van der Waals surface area contributed by atoms with Crippen LogP contribution >= 0.6 is 0 Å². The van der Waals surface area contributed by atoms with Crippen molar-refractivity contribution in [3.05, 3.63) is 29.3 Å². The van der Waals surface area contributed by atoms with Crippen LogP contribution in [0.25, 0.3) is 0 Å². The van der Waals surface area contributed by atoms with Crippen molar-refractivity contribution in [2.24, 2.45) is 0 Å². The van der Waals surface area contributed by atoms with Crippen molar-refractivity contribution in [2.75, 3.05) is 24.5 Å². The van der Waals surface area contributed by atoms with E-state index in [1.807, 2.05) is 0 Å². The number of hydrogen-bond acceptors (Lipinski definition) is 2. The average molecular weight is 246 g/mol. The maximum absolute atomic E-state index is 3.65. The summed E-state index contributed by atoms with van der Waals surface area (Å²) in [6, 6.07) is 6.87. The molecule has 0 bridgehead atoms. The Kier molecular flexibility index (Phi) is 3.96. The first-order chi connectivity index (χ1) is 8.46. The third-order valence-electron chi connectivity index (χ3n) is 3.62. The molecule has 2 rings (SSSR count). The van der Waals surface area contributed by atoms with Gasteiger partial charge in [0.05, 0.1) is 0 Å². The summed E-state index contributed by atoms with van der Waals surface area (Å²) in [6.07, 6.45) is 2.54. The fourth-order valence-electron chi connectivity index (χ4n) is 2.82. The van der Waals surface area contributed by atoms with Gasteiger partial charge in [-0.2, -0.15) is 0 Å². The summed E-state index contributed by atoms with van der Waals surface area (Å²) in [5.74, 6) is 0. The van der Waals surface area contributed by atoms with Gasteiger partial charge in [-0.15, -0.1) is 0 Å². The second-order valence-corrected chi connectivity index (χ2v) is 6.29. The predicted octanol–water partition coefficient (Wildman–Crippen LogP) is 3.27. The Balaban J connectivity index is 2.23. The molecule has 0 aliphatic carbocycles. The minimum Gasteiger partial charge on any atom is -0.370 e. The lowest BCUT2D eigenvalue weighted by Crippen LogP contribution is -2.51. The molecule has 0 saturated carbocycles. The Bertz CT molecular complexity index is 389. The van der Waals surface area contributed by atoms with Gasteiger partial charge in [0, 0.05) is 24.3 Å². The highest BCUT2D eigenvalue weighted by Crippen LogP contribution is 2.22. The number of nitrogens with zero attached hydrogens (tertiary/aromatic N) is 1. The zero-order valence-corrected chi connectivity index (χ0v) is 12.2. The van der Waals surface area contributed by atoms with Gasteiger partial charge in [0.25, 0.3) is 0 Å². The minimum atomic E-state index is 0.193. The van der Waals surface area contributed by atoms with Crippen molar-refractivity contribution in [2.45, 2.75) is 46.1 Å². The maximum atomic E-state index is 3.65. The van der Waals surface area contributed by atoms with E-state index >= 15 is 0 Å². The van der Waals surface area contributed by atoms with E-state index in [2.05, 4.69) is 56.1 Å². The zero-order valence-electron chi connectivity index (χ0n) is 12.2. The summed E-state index contributed by atoms with van der Waals surface area (Å²) in [5.41, 5.74) is 4.29. The van der Waals surface area contributed by atoms with Gasteiger partial charge in [0.1, 0.15) is 0 Å². The predicted molar refractivity (Wildman–Crippen MR) is 79.4 cm³/mol. The molecule has 18 heavy (non-hydrogen) atoms. The molecule has 1 saturated heterocycles. The Labute approximate surface area is 111 Å². The third kappa shape index (κ3) is 3.49. The van der Waals surface area contributed by atoms with E-state index in [0.717, 1.165) is 13.1 Å². The smallest absolute Gasteiger partial charge is 0.0372 e. The van der Waals surface area contributed by atoms with Crippen LogP contribution in [0.15, 0.2) is 18.2 Å². The average Bonchev–Trinajstić information content (AvgIpc) is 2.22. The van der Waals surface area contributed by atoms with Crippen LogP contribution in [-0.2, 0) is 0 Å². The summed E-state index contributed by atoms with van der Waals surface area (Å²) in [4.78, 5) is 2.53. The van der Waals surface area contributed by atoms with Crippen molar-refractivity contribution in [1.82, 2.24) is 5.32 Å². The highest BCUT2D eigenvalue weighted by molar-refractivity contribution is 5.51. The molecule has 100 valence electrons. The normalized spacial score (nSPS) is 20.3. The van der Waals surface area contributed by atoms with Crippen molar-refractivity contribution >= 4 is 5.69 Å². The molecular formula is C16H26N2. The summed E-state index contributed by atoms with van der Waals surface area (Å²) >= 11 is 0. The van der Waals surface area contributed by atoms with Gasteiger partial charge in [-0.3, -0.25) is 0 Å². The number of benzene rings is 1. The van der Waals surface area contributed by atoms with E-state index in [4.69, 9.17) is 0 Å². The molecule has 0 atom stereocenters. The van der Waals surface area contributed by atoms with Crippen LogP contribution in [0.5, 0.6) is 0 Å². The topological polar surface area (TPSA) is 15.3 Å². The number of nitrogens with one attached hydrogen (secondary N) is 1. The summed E-state index contributed by atoms with van der Waals surface area (Å²) in [7, 11) is 0.